The molecule has 0 amide bonds. The van der Waals surface area contributed by atoms with E-state index in [0.29, 0.717) is 36.5 Å². The Hall–Kier alpha value is -3.83. The van der Waals surface area contributed by atoms with Crippen LogP contribution < -0.4 is 9.64 Å². The molecule has 4 heterocycles. The second-order valence-corrected chi connectivity index (χ2v) is 15.2. The number of nitriles is 1. The Bertz CT molecular complexity index is 1990. The number of hydrogen-bond donors (Lipinski definition) is 0. The van der Waals surface area contributed by atoms with Crippen molar-refractivity contribution in [2.45, 2.75) is 56.2 Å². The maximum absolute atomic E-state index is 16.9. The molecule has 3 aliphatic carbocycles. The van der Waals surface area contributed by atoms with E-state index >= 15 is 4.39 Å². The van der Waals surface area contributed by atoms with Gasteiger partial charge in [0.25, 0.3) is 0 Å². The first-order valence-corrected chi connectivity index (χ1v) is 17.3. The van der Waals surface area contributed by atoms with Crippen LogP contribution in [0.4, 0.5) is 19.6 Å². The van der Waals surface area contributed by atoms with E-state index in [9.17, 15) is 9.65 Å². The normalized spacial score (nSPS) is 22.3. The molecular weight excluding hydrogens is 635 g/mol. The highest BCUT2D eigenvalue weighted by Gasteiger charge is 2.52. The van der Waals surface area contributed by atoms with Crippen molar-refractivity contribution in [3.8, 4) is 23.3 Å². The van der Waals surface area contributed by atoms with Gasteiger partial charge in [-0.05, 0) is 71.5 Å². The zero-order valence-corrected chi connectivity index (χ0v) is 28.2. The molecule has 2 atom stereocenters. The van der Waals surface area contributed by atoms with Gasteiger partial charge >= 0.3 is 6.01 Å². The van der Waals surface area contributed by atoms with E-state index in [1.165, 1.54) is 12.1 Å². The van der Waals surface area contributed by atoms with Crippen LogP contribution >= 0.6 is 11.3 Å². The standard InChI is InChI=1S/C35H38F2N8O2S/c1-39-32-21(15-38)26-20(6-7-23(36)30(26)48-32)28-27(37)29-22(16-40-28)31(44(4)18-35(43(2)3)8-5-9-35)42-33(41-29)47-19-34(10-11-34)17-45-12-13-46-25-14-24(25)45/h6-7,16,24-25H,1,5,8-14,17-19H2,2-4H3/t24-,25+/m0/s1. The third-order valence-corrected chi connectivity index (χ3v) is 12.1. The summed E-state index contributed by atoms with van der Waals surface area (Å²) in [6.45, 7) is 7.29. The highest BCUT2D eigenvalue weighted by atomic mass is 32.1. The molecule has 4 aromatic rings. The lowest BCUT2D eigenvalue weighted by Gasteiger charge is -2.49. The number of morpholine rings is 1. The second kappa shape index (κ2) is 11.7. The quantitative estimate of drug-likeness (QED) is 0.179. The van der Waals surface area contributed by atoms with Crippen molar-refractivity contribution < 1.29 is 18.3 Å². The first-order valence-electron chi connectivity index (χ1n) is 16.5. The molecule has 4 aliphatic rings. The van der Waals surface area contributed by atoms with E-state index in [4.69, 9.17) is 14.5 Å². The fraction of sp³-hybridized carbons (Fsp3) is 0.514. The molecule has 0 spiro atoms. The fourth-order valence-corrected chi connectivity index (χ4v) is 8.55. The summed E-state index contributed by atoms with van der Waals surface area (Å²) in [6, 6.07) is 5.43. The number of hydrogen-bond acceptors (Lipinski definition) is 11. The highest BCUT2D eigenvalue weighted by Crippen LogP contribution is 2.49. The van der Waals surface area contributed by atoms with Gasteiger partial charge in [0.15, 0.2) is 5.82 Å². The summed E-state index contributed by atoms with van der Waals surface area (Å²) in [7, 11) is 6.15. The largest absolute Gasteiger partial charge is 0.463 e. The number of anilines is 1. The van der Waals surface area contributed by atoms with Crippen LogP contribution in [0.15, 0.2) is 23.3 Å². The number of aromatic nitrogens is 3. The van der Waals surface area contributed by atoms with Crippen molar-refractivity contribution in [1.29, 1.82) is 5.26 Å². The number of fused-ring (bicyclic) bond motifs is 3. The molecule has 250 valence electrons. The van der Waals surface area contributed by atoms with Crippen LogP contribution in [0.1, 0.15) is 44.1 Å². The van der Waals surface area contributed by atoms with Gasteiger partial charge in [0, 0.05) is 60.8 Å². The molecule has 1 aromatic carbocycles. The lowest BCUT2D eigenvalue weighted by atomic mass is 9.75. The molecule has 10 nitrogen and oxygen atoms in total. The second-order valence-electron chi connectivity index (χ2n) is 14.2. The Balaban J connectivity index is 1.19. The Labute approximate surface area is 282 Å². The number of pyridine rings is 1. The third kappa shape index (κ3) is 5.21. The minimum Gasteiger partial charge on any atom is -0.463 e. The number of ether oxygens (including phenoxy) is 2. The number of rotatable bonds is 11. The van der Waals surface area contributed by atoms with Gasteiger partial charge < -0.3 is 19.3 Å². The Morgan fingerprint density at radius 1 is 1.21 bits per heavy atom. The molecule has 1 aliphatic heterocycles. The van der Waals surface area contributed by atoms with E-state index in [1.54, 1.807) is 6.20 Å². The van der Waals surface area contributed by atoms with E-state index in [-0.39, 0.29) is 54.4 Å². The van der Waals surface area contributed by atoms with Gasteiger partial charge in [0.05, 0.1) is 35.0 Å². The lowest BCUT2D eigenvalue weighted by molar-refractivity contribution is 0.0179. The van der Waals surface area contributed by atoms with Gasteiger partial charge in [-0.1, -0.05) is 0 Å². The van der Waals surface area contributed by atoms with Crippen molar-refractivity contribution in [2.24, 2.45) is 10.4 Å². The fourth-order valence-electron chi connectivity index (χ4n) is 7.56. The molecule has 0 bridgehead atoms. The van der Waals surface area contributed by atoms with Crippen LogP contribution in [0.2, 0.25) is 0 Å². The molecular formula is C35H38F2N8O2S. The summed E-state index contributed by atoms with van der Waals surface area (Å²) < 4.78 is 44.2. The van der Waals surface area contributed by atoms with Crippen molar-refractivity contribution in [3.05, 3.63) is 35.5 Å². The first kappa shape index (κ1) is 31.4. The van der Waals surface area contributed by atoms with Gasteiger partial charge in [-0.25, -0.2) is 8.78 Å². The summed E-state index contributed by atoms with van der Waals surface area (Å²) in [4.78, 5) is 24.8. The summed E-state index contributed by atoms with van der Waals surface area (Å²) in [6.07, 6.45) is 8.41. The third-order valence-electron chi connectivity index (χ3n) is 10.9. The van der Waals surface area contributed by atoms with E-state index < -0.39 is 11.6 Å². The average molecular weight is 673 g/mol. The predicted molar refractivity (Wildman–Crippen MR) is 182 cm³/mol. The Morgan fingerprint density at radius 2 is 2.02 bits per heavy atom. The zero-order chi connectivity index (χ0) is 33.4. The van der Waals surface area contributed by atoms with Crippen molar-refractivity contribution in [2.75, 3.05) is 58.9 Å². The number of likely N-dealkylation sites (N-methyl/N-ethyl adjacent to an activating group) is 2. The van der Waals surface area contributed by atoms with Crippen LogP contribution in [0.3, 0.4) is 0 Å². The van der Waals surface area contributed by atoms with E-state index in [2.05, 4.69) is 56.5 Å². The number of thiophene rings is 1. The SMILES string of the molecule is C=Nc1sc2c(F)ccc(-c3ncc4c(N(C)CC5(N(C)C)CCC5)nc(OCC5(CN6CCO[C@@H]7C[C@@H]76)CC5)nc4c3F)c2c1C#N. The topological polar surface area (TPSA) is 103 Å². The van der Waals surface area contributed by atoms with Crippen LogP contribution in [0.25, 0.3) is 32.2 Å². The Morgan fingerprint density at radius 3 is 2.71 bits per heavy atom. The van der Waals surface area contributed by atoms with Crippen molar-refractivity contribution in [3.63, 3.8) is 0 Å². The Kier molecular flexibility index (Phi) is 7.63. The minimum absolute atomic E-state index is 0.0148. The molecule has 3 saturated carbocycles. The predicted octanol–water partition coefficient (Wildman–Crippen LogP) is 5.94. The molecule has 4 fully saturated rings. The van der Waals surface area contributed by atoms with E-state index in [0.717, 1.165) is 69.6 Å². The molecule has 8 rings (SSSR count). The molecule has 13 heteroatoms. The van der Waals surface area contributed by atoms with Crippen molar-refractivity contribution >= 4 is 49.9 Å². The first-order chi connectivity index (χ1) is 23.2. The molecule has 0 unspecified atom stereocenters. The van der Waals surface area contributed by atoms with Gasteiger partial charge in [-0.2, -0.15) is 15.2 Å². The number of benzene rings is 1. The molecule has 0 N–H and O–H groups in total. The van der Waals surface area contributed by atoms with Crippen molar-refractivity contribution in [1.82, 2.24) is 24.8 Å². The highest BCUT2D eigenvalue weighted by molar-refractivity contribution is 7.23. The maximum Gasteiger partial charge on any atom is 0.319 e. The van der Waals surface area contributed by atoms with Crippen LogP contribution in [-0.4, -0.2) is 103 Å². The molecule has 48 heavy (non-hydrogen) atoms. The average Bonchev–Trinajstić information content (AvgIpc) is 3.98. The maximum atomic E-state index is 16.9. The zero-order valence-electron chi connectivity index (χ0n) is 27.4. The lowest BCUT2D eigenvalue weighted by Crippen LogP contribution is -2.56. The number of nitrogens with zero attached hydrogens (tertiary/aromatic N) is 8. The number of halogens is 2. The van der Waals surface area contributed by atoms with Crippen LogP contribution in [0.5, 0.6) is 6.01 Å². The van der Waals surface area contributed by atoms with Gasteiger partial charge in [0.2, 0.25) is 0 Å². The minimum atomic E-state index is -0.689. The summed E-state index contributed by atoms with van der Waals surface area (Å²) in [5.41, 5.74) is 0.442. The van der Waals surface area contributed by atoms with Crippen LogP contribution in [0, 0.1) is 28.4 Å². The summed E-state index contributed by atoms with van der Waals surface area (Å²) in [5.74, 6) is -0.677. The number of aliphatic imine (C=N–C) groups is 1. The molecule has 0 radical (unpaired) electrons. The van der Waals surface area contributed by atoms with Gasteiger partial charge in [0.1, 0.15) is 33.9 Å². The van der Waals surface area contributed by atoms with Gasteiger partial charge in [-0.15, -0.1) is 11.3 Å². The molecule has 3 aromatic heterocycles. The van der Waals surface area contributed by atoms with Gasteiger partial charge in [-0.3, -0.25) is 14.9 Å². The monoisotopic (exact) mass is 672 g/mol. The summed E-state index contributed by atoms with van der Waals surface area (Å²) >= 11 is 1.00. The smallest absolute Gasteiger partial charge is 0.319 e. The molecule has 1 saturated heterocycles. The van der Waals surface area contributed by atoms with E-state index in [1.807, 2.05) is 7.05 Å². The summed E-state index contributed by atoms with van der Waals surface area (Å²) in [5, 5.41) is 10.9. The van der Waals surface area contributed by atoms with Crippen LogP contribution in [-0.2, 0) is 4.74 Å².